The summed E-state index contributed by atoms with van der Waals surface area (Å²) in [6, 6.07) is 7.94. The van der Waals surface area contributed by atoms with Crippen molar-refractivity contribution in [3.8, 4) is 0 Å². The number of hydrogen-bond donors (Lipinski definition) is 0. The summed E-state index contributed by atoms with van der Waals surface area (Å²) in [5, 5.41) is 11.5. The van der Waals surface area contributed by atoms with E-state index in [0.717, 1.165) is 12.2 Å². The zero-order valence-corrected chi connectivity index (χ0v) is 17.9. The van der Waals surface area contributed by atoms with Crippen LogP contribution in [0.1, 0.15) is 41.2 Å². The Hall–Kier alpha value is -2.81. The van der Waals surface area contributed by atoms with Crippen molar-refractivity contribution in [1.82, 2.24) is 9.80 Å². The molecule has 1 saturated heterocycles. The van der Waals surface area contributed by atoms with E-state index in [1.165, 1.54) is 24.1 Å². The van der Waals surface area contributed by atoms with Crippen molar-refractivity contribution in [2.45, 2.75) is 25.2 Å². The van der Waals surface area contributed by atoms with Gasteiger partial charge in [-0.15, -0.1) is 11.8 Å². The number of nitro groups is 1. The van der Waals surface area contributed by atoms with Crippen molar-refractivity contribution >= 4 is 29.3 Å². The molecule has 0 atom stereocenters. The van der Waals surface area contributed by atoms with Gasteiger partial charge in [0.15, 0.2) is 5.76 Å². The minimum atomic E-state index is -0.436. The number of benzene rings is 1. The standard InChI is InChI=1S/C21H25N3O5S/c1-15(2)7-13-30-19-6-5-16(14-17(19)24(27)28)20(25)22-8-10-23(11-9-22)21(26)18-4-3-12-29-18/h3-6,12,14-15H,7-11,13H2,1-2H3. The van der Waals surface area contributed by atoms with E-state index in [0.29, 0.717) is 42.6 Å². The molecule has 2 aromatic rings. The highest BCUT2D eigenvalue weighted by Gasteiger charge is 2.28. The van der Waals surface area contributed by atoms with Crippen LogP contribution in [0.3, 0.4) is 0 Å². The number of piperazine rings is 1. The van der Waals surface area contributed by atoms with E-state index < -0.39 is 4.92 Å². The van der Waals surface area contributed by atoms with Gasteiger partial charge in [-0.3, -0.25) is 19.7 Å². The van der Waals surface area contributed by atoms with Crippen LogP contribution in [-0.2, 0) is 0 Å². The maximum absolute atomic E-state index is 12.9. The monoisotopic (exact) mass is 431 g/mol. The van der Waals surface area contributed by atoms with Crippen LogP contribution >= 0.6 is 11.8 Å². The molecule has 0 saturated carbocycles. The van der Waals surface area contributed by atoms with Crippen LogP contribution in [0.4, 0.5) is 5.69 Å². The number of rotatable bonds is 7. The van der Waals surface area contributed by atoms with Crippen LogP contribution in [-0.4, -0.2) is 58.5 Å². The fourth-order valence-corrected chi connectivity index (χ4v) is 4.43. The minimum Gasteiger partial charge on any atom is -0.459 e. The molecule has 0 aliphatic carbocycles. The Morgan fingerprint density at radius 1 is 1.13 bits per heavy atom. The first-order valence-electron chi connectivity index (χ1n) is 9.90. The maximum Gasteiger partial charge on any atom is 0.289 e. The molecule has 9 heteroatoms. The van der Waals surface area contributed by atoms with Crippen LogP contribution in [0.5, 0.6) is 0 Å². The second-order valence-corrected chi connectivity index (χ2v) is 8.67. The van der Waals surface area contributed by atoms with E-state index in [2.05, 4.69) is 13.8 Å². The third-order valence-corrected chi connectivity index (χ3v) is 6.04. The molecule has 0 spiro atoms. The van der Waals surface area contributed by atoms with E-state index in [9.17, 15) is 19.7 Å². The summed E-state index contributed by atoms with van der Waals surface area (Å²) in [5.41, 5.74) is 0.252. The van der Waals surface area contributed by atoms with Crippen LogP contribution in [0.25, 0.3) is 0 Å². The second-order valence-electron chi connectivity index (χ2n) is 7.53. The summed E-state index contributed by atoms with van der Waals surface area (Å²) >= 11 is 1.44. The zero-order valence-electron chi connectivity index (χ0n) is 17.1. The highest BCUT2D eigenvalue weighted by Crippen LogP contribution is 2.31. The number of carbonyl (C=O) groups is 2. The van der Waals surface area contributed by atoms with Gasteiger partial charge in [0.25, 0.3) is 17.5 Å². The maximum atomic E-state index is 12.9. The van der Waals surface area contributed by atoms with Crippen molar-refractivity contribution in [2.75, 3.05) is 31.9 Å². The molecule has 1 fully saturated rings. The molecule has 8 nitrogen and oxygen atoms in total. The lowest BCUT2D eigenvalue weighted by Crippen LogP contribution is -2.50. The molecule has 2 amide bonds. The summed E-state index contributed by atoms with van der Waals surface area (Å²) in [6.07, 6.45) is 2.41. The predicted octanol–water partition coefficient (Wildman–Crippen LogP) is 3.92. The van der Waals surface area contributed by atoms with Gasteiger partial charge in [-0.25, -0.2) is 0 Å². The van der Waals surface area contributed by atoms with Crippen molar-refractivity contribution in [2.24, 2.45) is 5.92 Å². The number of nitrogens with zero attached hydrogens (tertiary/aromatic N) is 3. The topological polar surface area (TPSA) is 96.9 Å². The summed E-state index contributed by atoms with van der Waals surface area (Å²) in [7, 11) is 0. The molecular weight excluding hydrogens is 406 g/mol. The lowest BCUT2D eigenvalue weighted by Gasteiger charge is -2.34. The highest BCUT2D eigenvalue weighted by molar-refractivity contribution is 7.99. The second kappa shape index (κ2) is 9.80. The molecule has 30 heavy (non-hydrogen) atoms. The van der Waals surface area contributed by atoms with Crippen molar-refractivity contribution < 1.29 is 18.9 Å². The first-order valence-corrected chi connectivity index (χ1v) is 10.9. The smallest absolute Gasteiger partial charge is 0.289 e. The number of hydrogen-bond acceptors (Lipinski definition) is 6. The summed E-state index contributed by atoms with van der Waals surface area (Å²) in [6.45, 7) is 5.72. The highest BCUT2D eigenvalue weighted by atomic mass is 32.2. The van der Waals surface area contributed by atoms with Gasteiger partial charge in [-0.2, -0.15) is 0 Å². The zero-order chi connectivity index (χ0) is 21.7. The van der Waals surface area contributed by atoms with E-state index in [4.69, 9.17) is 4.42 Å². The first kappa shape index (κ1) is 21.9. The van der Waals surface area contributed by atoms with Gasteiger partial charge in [0, 0.05) is 37.8 Å². The van der Waals surface area contributed by atoms with Gasteiger partial charge in [0.05, 0.1) is 16.1 Å². The van der Waals surface area contributed by atoms with Gasteiger partial charge in [0.2, 0.25) is 0 Å². The van der Waals surface area contributed by atoms with Gasteiger partial charge in [-0.05, 0) is 42.4 Å². The molecule has 1 aromatic carbocycles. The Balaban J connectivity index is 1.64. The molecule has 0 unspecified atom stereocenters. The fourth-order valence-electron chi connectivity index (χ4n) is 3.17. The minimum absolute atomic E-state index is 0.0405. The van der Waals surface area contributed by atoms with Gasteiger partial charge in [-0.1, -0.05) is 13.8 Å². The van der Waals surface area contributed by atoms with Gasteiger partial charge >= 0.3 is 0 Å². The average molecular weight is 432 g/mol. The Morgan fingerprint density at radius 3 is 2.37 bits per heavy atom. The van der Waals surface area contributed by atoms with Crippen LogP contribution in [0.15, 0.2) is 45.9 Å². The molecule has 0 bridgehead atoms. The SMILES string of the molecule is CC(C)CCSc1ccc(C(=O)N2CCN(C(=O)c3ccco3)CC2)cc1[N+](=O)[O-]. The molecular formula is C21H25N3O5S. The summed E-state index contributed by atoms with van der Waals surface area (Å²) in [5.74, 6) is 1.12. The molecule has 0 radical (unpaired) electrons. The Bertz CT molecular complexity index is 905. The first-order chi connectivity index (χ1) is 14.4. The number of thioether (sulfide) groups is 1. The average Bonchev–Trinajstić information content (AvgIpc) is 3.27. The van der Waals surface area contributed by atoms with Gasteiger partial charge in [0.1, 0.15) is 0 Å². The normalized spacial score (nSPS) is 14.2. The molecule has 160 valence electrons. The van der Waals surface area contributed by atoms with E-state index in [-0.39, 0.29) is 23.3 Å². The largest absolute Gasteiger partial charge is 0.459 e. The number of carbonyl (C=O) groups excluding carboxylic acids is 2. The number of furan rings is 1. The van der Waals surface area contributed by atoms with Crippen LogP contribution in [0.2, 0.25) is 0 Å². The van der Waals surface area contributed by atoms with Crippen LogP contribution in [0, 0.1) is 16.0 Å². The molecule has 1 aliphatic rings. The van der Waals surface area contributed by atoms with E-state index in [1.807, 2.05) is 0 Å². The molecule has 2 heterocycles. The van der Waals surface area contributed by atoms with Crippen molar-refractivity contribution in [1.29, 1.82) is 0 Å². The quantitative estimate of drug-likeness (QED) is 0.374. The summed E-state index contributed by atoms with van der Waals surface area (Å²) in [4.78, 5) is 40.1. The Labute approximate surface area is 179 Å². The Morgan fingerprint density at radius 2 is 1.80 bits per heavy atom. The van der Waals surface area contributed by atoms with E-state index in [1.54, 1.807) is 34.1 Å². The fraction of sp³-hybridized carbons (Fsp3) is 0.429. The molecule has 1 aromatic heterocycles. The Kier molecular flexibility index (Phi) is 7.15. The molecule has 3 rings (SSSR count). The predicted molar refractivity (Wildman–Crippen MR) is 114 cm³/mol. The third kappa shape index (κ3) is 5.21. The van der Waals surface area contributed by atoms with E-state index >= 15 is 0 Å². The lowest BCUT2D eigenvalue weighted by molar-refractivity contribution is -0.387. The van der Waals surface area contributed by atoms with Crippen molar-refractivity contribution in [3.05, 3.63) is 58.0 Å². The number of amides is 2. The summed E-state index contributed by atoms with van der Waals surface area (Å²) < 4.78 is 5.14. The molecule has 0 N–H and O–H groups in total. The molecule has 1 aliphatic heterocycles. The van der Waals surface area contributed by atoms with Crippen molar-refractivity contribution in [3.63, 3.8) is 0 Å². The van der Waals surface area contributed by atoms with Crippen LogP contribution < -0.4 is 0 Å². The van der Waals surface area contributed by atoms with Gasteiger partial charge < -0.3 is 14.2 Å². The lowest BCUT2D eigenvalue weighted by atomic mass is 10.1. The third-order valence-electron chi connectivity index (χ3n) is 4.94. The number of nitro benzene ring substituents is 1.